The van der Waals surface area contributed by atoms with E-state index in [0.717, 1.165) is 0 Å². The van der Waals surface area contributed by atoms with Gasteiger partial charge in [0.1, 0.15) is 0 Å². The van der Waals surface area contributed by atoms with Crippen molar-refractivity contribution in [3.63, 3.8) is 0 Å². The molecule has 0 aromatic carbocycles. The van der Waals surface area contributed by atoms with Crippen molar-refractivity contribution >= 4 is 11.9 Å². The van der Waals surface area contributed by atoms with Gasteiger partial charge in [-0.25, -0.2) is 0 Å². The van der Waals surface area contributed by atoms with Gasteiger partial charge in [-0.1, -0.05) is 6.92 Å². The third-order valence-electron chi connectivity index (χ3n) is 3.01. The molecule has 1 aliphatic heterocycles. The predicted octanol–water partition coefficient (Wildman–Crippen LogP) is -0.331. The van der Waals surface area contributed by atoms with Crippen LogP contribution in [-0.2, 0) is 9.59 Å². The van der Waals surface area contributed by atoms with Crippen LogP contribution in [0.5, 0.6) is 0 Å². The van der Waals surface area contributed by atoms with Crippen LogP contribution in [0.2, 0.25) is 0 Å². The molecule has 2 N–H and O–H groups in total. The lowest BCUT2D eigenvalue weighted by atomic mass is 9.87. The Morgan fingerprint density at radius 2 is 2.24 bits per heavy atom. The zero-order chi connectivity index (χ0) is 12.8. The monoisotopic (exact) mass is 239 g/mol. The molecule has 0 aromatic heterocycles. The maximum absolute atomic E-state index is 11.4. The van der Waals surface area contributed by atoms with Crippen LogP contribution >= 0.6 is 0 Å². The number of carboxylic acid groups (broad SMARTS) is 1. The molecule has 1 amide bonds. The van der Waals surface area contributed by atoms with Crippen molar-refractivity contribution < 1.29 is 14.7 Å². The van der Waals surface area contributed by atoms with Crippen LogP contribution in [0, 0.1) is 23.2 Å². The maximum Gasteiger partial charge on any atom is 0.306 e. The summed E-state index contributed by atoms with van der Waals surface area (Å²) in [5.41, 5.74) is 0. The number of carboxylic acids is 1. The van der Waals surface area contributed by atoms with Gasteiger partial charge in [0.25, 0.3) is 0 Å². The number of likely N-dealkylation sites (tertiary alicyclic amines) is 1. The molecule has 1 saturated heterocycles. The van der Waals surface area contributed by atoms with Gasteiger partial charge in [-0.05, 0) is 5.92 Å². The van der Waals surface area contributed by atoms with Gasteiger partial charge in [-0.2, -0.15) is 5.26 Å². The molecule has 0 saturated carbocycles. The van der Waals surface area contributed by atoms with E-state index in [1.165, 1.54) is 0 Å². The van der Waals surface area contributed by atoms with E-state index in [4.69, 9.17) is 10.4 Å². The molecule has 1 rings (SSSR count). The first-order chi connectivity index (χ1) is 8.04. The fourth-order valence-corrected chi connectivity index (χ4v) is 1.77. The van der Waals surface area contributed by atoms with E-state index in [2.05, 4.69) is 5.32 Å². The summed E-state index contributed by atoms with van der Waals surface area (Å²) >= 11 is 0. The van der Waals surface area contributed by atoms with E-state index in [9.17, 15) is 9.59 Å². The minimum absolute atomic E-state index is 0.110. The second-order valence-electron chi connectivity index (χ2n) is 4.34. The molecule has 1 heterocycles. The number of amides is 1. The van der Waals surface area contributed by atoms with E-state index in [1.807, 2.05) is 11.0 Å². The molecule has 0 aromatic rings. The molecule has 1 aliphatic rings. The largest absolute Gasteiger partial charge is 0.481 e. The van der Waals surface area contributed by atoms with Crippen LogP contribution in [0.3, 0.4) is 0 Å². The summed E-state index contributed by atoms with van der Waals surface area (Å²) < 4.78 is 0. The number of nitrogens with one attached hydrogen (secondary N) is 1. The summed E-state index contributed by atoms with van der Waals surface area (Å²) in [6.07, 6.45) is 0.310. The smallest absolute Gasteiger partial charge is 0.306 e. The van der Waals surface area contributed by atoms with Gasteiger partial charge < -0.3 is 10.4 Å². The molecular formula is C11H17N3O3. The third kappa shape index (κ3) is 4.04. The minimum atomic E-state index is -0.784. The highest BCUT2D eigenvalue weighted by Gasteiger charge is 2.35. The highest BCUT2D eigenvalue weighted by molar-refractivity contribution is 5.78. The Kier molecular flexibility index (Phi) is 4.91. The molecule has 0 aliphatic carbocycles. The fourth-order valence-electron chi connectivity index (χ4n) is 1.77. The number of carbonyl (C=O) groups excluding carboxylic acids is 1. The van der Waals surface area contributed by atoms with Crippen molar-refractivity contribution in [2.75, 3.05) is 26.2 Å². The van der Waals surface area contributed by atoms with E-state index in [0.29, 0.717) is 26.1 Å². The van der Waals surface area contributed by atoms with Gasteiger partial charge in [0, 0.05) is 19.6 Å². The SMILES string of the molecule is CC(C(=O)O)C1CN(CC(=O)NCCC#N)C1. The Morgan fingerprint density at radius 1 is 1.59 bits per heavy atom. The van der Waals surface area contributed by atoms with E-state index in [-0.39, 0.29) is 24.3 Å². The first-order valence-electron chi connectivity index (χ1n) is 5.63. The van der Waals surface area contributed by atoms with Crippen molar-refractivity contribution in [1.29, 1.82) is 5.26 Å². The molecule has 0 bridgehead atoms. The van der Waals surface area contributed by atoms with Crippen molar-refractivity contribution in [3.8, 4) is 6.07 Å². The summed E-state index contributed by atoms with van der Waals surface area (Å²) in [5, 5.41) is 19.7. The topological polar surface area (TPSA) is 93.4 Å². The van der Waals surface area contributed by atoms with Gasteiger partial charge in [0.15, 0.2) is 0 Å². The molecule has 0 spiro atoms. The Balaban J connectivity index is 2.15. The second kappa shape index (κ2) is 6.21. The van der Waals surface area contributed by atoms with E-state index < -0.39 is 5.97 Å². The number of aliphatic carboxylic acids is 1. The van der Waals surface area contributed by atoms with Crippen molar-refractivity contribution in [2.45, 2.75) is 13.3 Å². The molecule has 17 heavy (non-hydrogen) atoms. The number of hydrogen-bond donors (Lipinski definition) is 2. The molecule has 1 fully saturated rings. The summed E-state index contributed by atoms with van der Waals surface area (Å²) in [6, 6.07) is 1.95. The van der Waals surface area contributed by atoms with Crippen LogP contribution in [0.15, 0.2) is 0 Å². The number of rotatable bonds is 6. The van der Waals surface area contributed by atoms with Crippen LogP contribution in [0.4, 0.5) is 0 Å². The van der Waals surface area contributed by atoms with Crippen LogP contribution in [0.1, 0.15) is 13.3 Å². The van der Waals surface area contributed by atoms with Gasteiger partial charge >= 0.3 is 5.97 Å². The van der Waals surface area contributed by atoms with Crippen LogP contribution in [0.25, 0.3) is 0 Å². The van der Waals surface area contributed by atoms with Crippen LogP contribution < -0.4 is 5.32 Å². The lowest BCUT2D eigenvalue weighted by Crippen LogP contribution is -2.53. The first-order valence-corrected chi connectivity index (χ1v) is 5.63. The highest BCUT2D eigenvalue weighted by atomic mass is 16.4. The molecule has 94 valence electrons. The standard InChI is InChI=1S/C11H17N3O3/c1-8(11(16)17)9-5-14(6-9)7-10(15)13-4-2-3-12/h8-9H,2,4-7H2,1H3,(H,13,15)(H,16,17). The van der Waals surface area contributed by atoms with Gasteiger partial charge in [-0.15, -0.1) is 0 Å². The summed E-state index contributed by atoms with van der Waals surface area (Å²) in [7, 11) is 0. The number of hydrogen-bond acceptors (Lipinski definition) is 4. The number of nitriles is 1. The first kappa shape index (κ1) is 13.5. The Hall–Kier alpha value is -1.61. The quantitative estimate of drug-likeness (QED) is 0.619. The van der Waals surface area contributed by atoms with Gasteiger partial charge in [0.2, 0.25) is 5.91 Å². The second-order valence-corrected chi connectivity index (χ2v) is 4.34. The third-order valence-corrected chi connectivity index (χ3v) is 3.01. The zero-order valence-corrected chi connectivity index (χ0v) is 9.85. The van der Waals surface area contributed by atoms with Crippen molar-refractivity contribution in [1.82, 2.24) is 10.2 Å². The molecule has 0 radical (unpaired) electrons. The number of carbonyl (C=O) groups is 2. The van der Waals surface area contributed by atoms with Crippen LogP contribution in [-0.4, -0.2) is 48.1 Å². The average molecular weight is 239 g/mol. The lowest BCUT2D eigenvalue weighted by Gasteiger charge is -2.40. The molecular weight excluding hydrogens is 222 g/mol. The fraction of sp³-hybridized carbons (Fsp3) is 0.727. The lowest BCUT2D eigenvalue weighted by molar-refractivity contribution is -0.145. The molecule has 6 nitrogen and oxygen atoms in total. The average Bonchev–Trinajstić information content (AvgIpc) is 2.22. The molecule has 1 unspecified atom stereocenters. The normalized spacial score (nSPS) is 17.9. The Labute approximate surface area is 100 Å². The van der Waals surface area contributed by atoms with E-state index >= 15 is 0 Å². The summed E-state index contributed by atoms with van der Waals surface area (Å²) in [5.74, 6) is -1.11. The number of nitrogens with zero attached hydrogens (tertiary/aromatic N) is 2. The van der Waals surface area contributed by atoms with Crippen molar-refractivity contribution in [2.24, 2.45) is 11.8 Å². The molecule has 6 heteroatoms. The maximum atomic E-state index is 11.4. The van der Waals surface area contributed by atoms with Gasteiger partial charge in [0.05, 0.1) is 25.0 Å². The zero-order valence-electron chi connectivity index (χ0n) is 9.85. The summed E-state index contributed by atoms with van der Waals surface area (Å²) in [6.45, 7) is 3.65. The van der Waals surface area contributed by atoms with Gasteiger partial charge in [-0.3, -0.25) is 14.5 Å². The predicted molar refractivity (Wildman–Crippen MR) is 60.0 cm³/mol. The van der Waals surface area contributed by atoms with Crippen molar-refractivity contribution in [3.05, 3.63) is 0 Å². The molecule has 1 atom stereocenters. The highest BCUT2D eigenvalue weighted by Crippen LogP contribution is 2.23. The Bertz CT molecular complexity index is 331. The summed E-state index contributed by atoms with van der Waals surface area (Å²) in [4.78, 5) is 24.0. The Morgan fingerprint density at radius 3 is 2.76 bits per heavy atom. The van der Waals surface area contributed by atoms with E-state index in [1.54, 1.807) is 6.92 Å². The minimum Gasteiger partial charge on any atom is -0.481 e.